The Bertz CT molecular complexity index is 481. The number of aliphatic hydroxyl groups is 1. The molecule has 0 saturated carbocycles. The second-order valence-corrected chi connectivity index (χ2v) is 8.27. The molecule has 0 heterocycles. The van der Waals surface area contributed by atoms with Crippen LogP contribution in [-0.4, -0.2) is 29.4 Å². The van der Waals surface area contributed by atoms with Gasteiger partial charge >= 0.3 is 0 Å². The topological polar surface area (TPSA) is 44.3 Å². The molecular weight excluding hydrogens is 364 g/mol. The zero-order chi connectivity index (χ0) is 20.3. The number of unbranched alkanes of at least 4 members (excludes halogenated alkanes) is 11. The van der Waals surface area contributed by atoms with Gasteiger partial charge in [0.2, 0.25) is 0 Å². The zero-order valence-corrected chi connectivity index (χ0v) is 18.7. The van der Waals surface area contributed by atoms with Gasteiger partial charge in [-0.05, 0) is 30.6 Å². The first-order chi connectivity index (χ1) is 13.8. The van der Waals surface area contributed by atoms with Gasteiger partial charge in [0.25, 0.3) is 0 Å². The second kappa shape index (κ2) is 17.9. The van der Waals surface area contributed by atoms with Crippen molar-refractivity contribution in [1.82, 2.24) is 10.6 Å². The smallest absolute Gasteiger partial charge is 0.166 e. The van der Waals surface area contributed by atoms with Crippen molar-refractivity contribution in [2.75, 3.05) is 13.2 Å². The Balaban J connectivity index is 1.93. The molecule has 1 aromatic rings. The Morgan fingerprint density at radius 1 is 0.857 bits per heavy atom. The Kier molecular flexibility index (Phi) is 16.0. The Hall–Kier alpha value is -1.13. The summed E-state index contributed by atoms with van der Waals surface area (Å²) in [5.41, 5.74) is 1.21. The summed E-state index contributed by atoms with van der Waals surface area (Å²) in [6, 6.07) is 10.2. The zero-order valence-electron chi connectivity index (χ0n) is 17.9. The van der Waals surface area contributed by atoms with Crippen LogP contribution in [0.2, 0.25) is 0 Å². The maximum Gasteiger partial charge on any atom is 0.166 e. The van der Waals surface area contributed by atoms with Crippen molar-refractivity contribution in [1.29, 1.82) is 0 Å². The molecule has 0 aliphatic heterocycles. The number of hydrogen-bond acceptors (Lipinski definition) is 2. The minimum absolute atomic E-state index is 0.0376. The van der Waals surface area contributed by atoms with E-state index in [1.165, 1.54) is 76.2 Å². The summed E-state index contributed by atoms with van der Waals surface area (Å²) < 4.78 is 0. The molecule has 1 atom stereocenters. The van der Waals surface area contributed by atoms with Crippen LogP contribution in [0, 0.1) is 0 Å². The molecule has 0 fully saturated rings. The van der Waals surface area contributed by atoms with Crippen LogP contribution in [0.15, 0.2) is 30.3 Å². The van der Waals surface area contributed by atoms with Crippen LogP contribution in [0.5, 0.6) is 0 Å². The number of aliphatic hydroxyl groups excluding tert-OH is 1. The van der Waals surface area contributed by atoms with E-state index in [2.05, 4.69) is 29.7 Å². The molecule has 0 bridgehead atoms. The third-order valence-corrected chi connectivity index (χ3v) is 5.46. The fourth-order valence-corrected chi connectivity index (χ4v) is 3.73. The molecule has 1 rings (SSSR count). The number of rotatable bonds is 17. The standard InChI is InChI=1S/C24H42N2OS/c1-2-3-4-5-6-7-8-9-10-11-12-16-19-25-24(28)26-23(21-27)20-22-17-14-13-15-18-22/h13-15,17-18,23,27H,2-12,16,19-21H2,1H3,(H2,25,26,28)/t23-/m1/s1. The molecule has 1 aromatic carbocycles. The Labute approximate surface area is 178 Å². The van der Waals surface area contributed by atoms with E-state index in [0.717, 1.165) is 19.4 Å². The Morgan fingerprint density at radius 2 is 1.39 bits per heavy atom. The fraction of sp³-hybridized carbons (Fsp3) is 0.708. The van der Waals surface area contributed by atoms with Crippen molar-refractivity contribution < 1.29 is 5.11 Å². The van der Waals surface area contributed by atoms with Gasteiger partial charge < -0.3 is 15.7 Å². The van der Waals surface area contributed by atoms with E-state index in [4.69, 9.17) is 12.2 Å². The first-order valence-electron chi connectivity index (χ1n) is 11.5. The number of benzene rings is 1. The van der Waals surface area contributed by atoms with E-state index < -0.39 is 0 Å². The fourth-order valence-electron chi connectivity index (χ4n) is 3.46. The van der Waals surface area contributed by atoms with Crippen molar-refractivity contribution in [2.45, 2.75) is 96.4 Å². The molecule has 4 heteroatoms. The van der Waals surface area contributed by atoms with Crippen molar-refractivity contribution in [3.05, 3.63) is 35.9 Å². The average Bonchev–Trinajstić information content (AvgIpc) is 2.71. The van der Waals surface area contributed by atoms with Gasteiger partial charge in [-0.15, -0.1) is 0 Å². The number of hydrogen-bond donors (Lipinski definition) is 3. The predicted molar refractivity (Wildman–Crippen MR) is 126 cm³/mol. The predicted octanol–water partition coefficient (Wildman–Crippen LogP) is 5.76. The Morgan fingerprint density at radius 3 is 1.93 bits per heavy atom. The van der Waals surface area contributed by atoms with Crippen LogP contribution in [0.1, 0.15) is 89.5 Å². The molecule has 0 saturated heterocycles. The van der Waals surface area contributed by atoms with Gasteiger partial charge in [0, 0.05) is 6.54 Å². The van der Waals surface area contributed by atoms with E-state index in [9.17, 15) is 5.11 Å². The lowest BCUT2D eigenvalue weighted by Gasteiger charge is -2.19. The molecule has 0 unspecified atom stereocenters. The molecule has 3 nitrogen and oxygen atoms in total. The summed E-state index contributed by atoms with van der Waals surface area (Å²) in [5.74, 6) is 0. The van der Waals surface area contributed by atoms with Crippen LogP contribution < -0.4 is 10.6 Å². The first kappa shape index (κ1) is 24.9. The number of thiocarbonyl (C=S) groups is 1. The molecule has 0 aliphatic carbocycles. The summed E-state index contributed by atoms with van der Waals surface area (Å²) in [6.45, 7) is 3.26. The maximum atomic E-state index is 9.57. The average molecular weight is 407 g/mol. The van der Waals surface area contributed by atoms with Crippen LogP contribution in [0.3, 0.4) is 0 Å². The van der Waals surface area contributed by atoms with Gasteiger partial charge in [-0.1, -0.05) is 108 Å². The summed E-state index contributed by atoms with van der Waals surface area (Å²) in [6.07, 6.45) is 17.1. The molecule has 0 amide bonds. The van der Waals surface area contributed by atoms with E-state index >= 15 is 0 Å². The van der Waals surface area contributed by atoms with E-state index in [1.54, 1.807) is 0 Å². The van der Waals surface area contributed by atoms with Crippen LogP contribution >= 0.6 is 12.2 Å². The molecule has 3 N–H and O–H groups in total. The van der Waals surface area contributed by atoms with E-state index in [-0.39, 0.29) is 12.6 Å². The minimum atomic E-state index is -0.0376. The van der Waals surface area contributed by atoms with Gasteiger partial charge in [-0.25, -0.2) is 0 Å². The molecule has 0 aliphatic rings. The van der Waals surface area contributed by atoms with Gasteiger partial charge in [0.05, 0.1) is 12.6 Å². The van der Waals surface area contributed by atoms with Crippen molar-refractivity contribution >= 4 is 17.3 Å². The van der Waals surface area contributed by atoms with Gasteiger partial charge in [-0.2, -0.15) is 0 Å². The SMILES string of the molecule is CCCCCCCCCCCCCCNC(=S)N[C@@H](CO)Cc1ccccc1. The number of nitrogens with one attached hydrogen (secondary N) is 2. The quantitative estimate of drug-likeness (QED) is 0.227. The third-order valence-electron chi connectivity index (χ3n) is 5.20. The van der Waals surface area contributed by atoms with Crippen LogP contribution in [0.4, 0.5) is 0 Å². The molecule has 0 radical (unpaired) electrons. The monoisotopic (exact) mass is 406 g/mol. The highest BCUT2D eigenvalue weighted by Gasteiger charge is 2.09. The molecule has 0 aromatic heterocycles. The molecule has 0 spiro atoms. The first-order valence-corrected chi connectivity index (χ1v) is 11.9. The lowest BCUT2D eigenvalue weighted by atomic mass is 10.1. The van der Waals surface area contributed by atoms with Gasteiger partial charge in [0.15, 0.2) is 5.11 Å². The van der Waals surface area contributed by atoms with E-state index in [0.29, 0.717) is 5.11 Å². The third kappa shape index (κ3) is 14.0. The van der Waals surface area contributed by atoms with Gasteiger partial charge in [-0.3, -0.25) is 0 Å². The van der Waals surface area contributed by atoms with Gasteiger partial charge in [0.1, 0.15) is 0 Å². The van der Waals surface area contributed by atoms with Crippen LogP contribution in [-0.2, 0) is 6.42 Å². The minimum Gasteiger partial charge on any atom is -0.394 e. The van der Waals surface area contributed by atoms with Crippen molar-refractivity contribution in [2.24, 2.45) is 0 Å². The van der Waals surface area contributed by atoms with Crippen molar-refractivity contribution in [3.8, 4) is 0 Å². The summed E-state index contributed by atoms with van der Waals surface area (Å²) in [7, 11) is 0. The lowest BCUT2D eigenvalue weighted by Crippen LogP contribution is -2.44. The largest absolute Gasteiger partial charge is 0.394 e. The summed E-state index contributed by atoms with van der Waals surface area (Å²) in [5, 5.41) is 16.7. The normalized spacial score (nSPS) is 11.9. The molecule has 28 heavy (non-hydrogen) atoms. The maximum absolute atomic E-state index is 9.57. The highest BCUT2D eigenvalue weighted by atomic mass is 32.1. The highest BCUT2D eigenvalue weighted by molar-refractivity contribution is 7.80. The van der Waals surface area contributed by atoms with Crippen molar-refractivity contribution in [3.63, 3.8) is 0 Å². The molecule has 160 valence electrons. The van der Waals surface area contributed by atoms with Crippen LogP contribution in [0.25, 0.3) is 0 Å². The summed E-state index contributed by atoms with van der Waals surface area (Å²) >= 11 is 5.37. The molecular formula is C24H42N2OS. The highest BCUT2D eigenvalue weighted by Crippen LogP contribution is 2.11. The summed E-state index contributed by atoms with van der Waals surface area (Å²) in [4.78, 5) is 0. The lowest BCUT2D eigenvalue weighted by molar-refractivity contribution is 0.254. The van der Waals surface area contributed by atoms with E-state index in [1.807, 2.05) is 18.2 Å². The second-order valence-electron chi connectivity index (χ2n) is 7.86.